The Balaban J connectivity index is 2.21. The van der Waals surface area contributed by atoms with E-state index in [9.17, 15) is 4.79 Å². The van der Waals surface area contributed by atoms with Gasteiger partial charge in [0.05, 0.1) is 6.61 Å². The summed E-state index contributed by atoms with van der Waals surface area (Å²) in [6.07, 6.45) is 8.61. The number of carbonyl (C=O) groups is 1. The topological polar surface area (TPSA) is 26.3 Å². The highest BCUT2D eigenvalue weighted by Crippen LogP contribution is 2.11. The average molecular weight is 262 g/mol. The van der Waals surface area contributed by atoms with Crippen LogP contribution in [0.2, 0.25) is 0 Å². The number of hydrogen-bond donors (Lipinski definition) is 0. The summed E-state index contributed by atoms with van der Waals surface area (Å²) in [6, 6.07) is 8.68. The molecule has 1 aromatic carbocycles. The maximum atomic E-state index is 10.7. The molecular weight excluding hydrogens is 236 g/mol. The summed E-state index contributed by atoms with van der Waals surface area (Å²) in [4.78, 5) is 10.7. The van der Waals surface area contributed by atoms with Gasteiger partial charge < -0.3 is 4.74 Å². The summed E-state index contributed by atoms with van der Waals surface area (Å²) in [6.45, 7) is 4.17. The molecule has 0 saturated carbocycles. The van der Waals surface area contributed by atoms with Crippen molar-refractivity contribution in [1.29, 1.82) is 0 Å². The third-order valence-corrected chi connectivity index (χ3v) is 3.29. The Morgan fingerprint density at radius 3 is 2.11 bits per heavy atom. The van der Waals surface area contributed by atoms with Crippen LogP contribution in [0.25, 0.3) is 0 Å². The Labute approximate surface area is 117 Å². The molecule has 0 heterocycles. The summed E-state index contributed by atoms with van der Waals surface area (Å²) in [5, 5.41) is 0. The molecule has 0 saturated heterocycles. The van der Waals surface area contributed by atoms with E-state index in [1.807, 2.05) is 0 Å². The van der Waals surface area contributed by atoms with E-state index in [0.29, 0.717) is 6.61 Å². The van der Waals surface area contributed by atoms with Gasteiger partial charge in [0.1, 0.15) is 0 Å². The van der Waals surface area contributed by atoms with Crippen molar-refractivity contribution >= 4 is 5.97 Å². The molecule has 106 valence electrons. The summed E-state index contributed by atoms with van der Waals surface area (Å²) < 4.78 is 4.94. The molecule has 0 radical (unpaired) electrons. The highest BCUT2D eigenvalue weighted by atomic mass is 16.5. The number of esters is 1. The lowest BCUT2D eigenvalue weighted by Gasteiger charge is -2.05. The molecule has 1 aromatic rings. The van der Waals surface area contributed by atoms with Crippen molar-refractivity contribution in [2.75, 3.05) is 6.61 Å². The van der Waals surface area contributed by atoms with Crippen molar-refractivity contribution in [3.05, 3.63) is 35.4 Å². The van der Waals surface area contributed by atoms with Gasteiger partial charge in [-0.3, -0.25) is 4.79 Å². The number of carbonyl (C=O) groups excluding carboxylic acids is 1. The fourth-order valence-corrected chi connectivity index (χ4v) is 2.12. The molecule has 0 aliphatic heterocycles. The lowest BCUT2D eigenvalue weighted by Crippen LogP contribution is -2.03. The Kier molecular flexibility index (Phi) is 7.95. The van der Waals surface area contributed by atoms with Gasteiger partial charge in [-0.05, 0) is 24.0 Å². The van der Waals surface area contributed by atoms with Crippen LogP contribution in [-0.4, -0.2) is 12.6 Å². The van der Waals surface area contributed by atoms with Gasteiger partial charge in [-0.15, -0.1) is 0 Å². The van der Waals surface area contributed by atoms with Crippen LogP contribution < -0.4 is 0 Å². The molecule has 0 atom stereocenters. The maximum Gasteiger partial charge on any atom is 0.302 e. The molecule has 0 aliphatic rings. The van der Waals surface area contributed by atoms with Crippen molar-refractivity contribution in [2.24, 2.45) is 0 Å². The summed E-state index contributed by atoms with van der Waals surface area (Å²) in [5.41, 5.74) is 2.64. The molecule has 1 rings (SSSR count). The molecule has 0 amide bonds. The van der Waals surface area contributed by atoms with E-state index in [1.165, 1.54) is 56.6 Å². The van der Waals surface area contributed by atoms with E-state index < -0.39 is 0 Å². The summed E-state index contributed by atoms with van der Waals surface area (Å²) >= 11 is 0. The van der Waals surface area contributed by atoms with Gasteiger partial charge in [0.15, 0.2) is 0 Å². The third kappa shape index (κ3) is 7.66. The van der Waals surface area contributed by atoms with Crippen molar-refractivity contribution < 1.29 is 9.53 Å². The van der Waals surface area contributed by atoms with Crippen LogP contribution in [-0.2, 0) is 22.4 Å². The Bertz CT molecular complexity index is 354. The van der Waals surface area contributed by atoms with Crippen LogP contribution >= 0.6 is 0 Å². The minimum absolute atomic E-state index is 0.205. The fraction of sp³-hybridized carbons (Fsp3) is 0.588. The summed E-state index contributed by atoms with van der Waals surface area (Å²) in [5.74, 6) is -0.205. The molecule has 19 heavy (non-hydrogen) atoms. The van der Waals surface area contributed by atoms with E-state index in [1.54, 1.807) is 0 Å². The molecule has 0 fully saturated rings. The molecule has 0 N–H and O–H groups in total. The highest BCUT2D eigenvalue weighted by molar-refractivity contribution is 5.65. The third-order valence-electron chi connectivity index (χ3n) is 3.29. The van der Waals surface area contributed by atoms with Crippen LogP contribution in [0.1, 0.15) is 57.1 Å². The Morgan fingerprint density at radius 2 is 1.53 bits per heavy atom. The van der Waals surface area contributed by atoms with Crippen molar-refractivity contribution in [3.63, 3.8) is 0 Å². The Morgan fingerprint density at radius 1 is 0.947 bits per heavy atom. The van der Waals surface area contributed by atoms with Gasteiger partial charge in [0.2, 0.25) is 0 Å². The normalized spacial score (nSPS) is 10.4. The number of unbranched alkanes of at least 4 members (excludes halogenated alkanes) is 4. The van der Waals surface area contributed by atoms with E-state index in [4.69, 9.17) is 4.74 Å². The van der Waals surface area contributed by atoms with Crippen LogP contribution in [0.15, 0.2) is 24.3 Å². The number of rotatable bonds is 9. The van der Waals surface area contributed by atoms with Crippen molar-refractivity contribution in [3.8, 4) is 0 Å². The monoisotopic (exact) mass is 262 g/mol. The smallest absolute Gasteiger partial charge is 0.302 e. The molecule has 0 aromatic heterocycles. The number of ether oxygens (including phenoxy) is 1. The van der Waals surface area contributed by atoms with Gasteiger partial charge in [-0.25, -0.2) is 0 Å². The quantitative estimate of drug-likeness (QED) is 0.490. The van der Waals surface area contributed by atoms with Crippen molar-refractivity contribution in [1.82, 2.24) is 0 Å². The molecule has 2 nitrogen and oxygen atoms in total. The number of hydrogen-bond acceptors (Lipinski definition) is 2. The van der Waals surface area contributed by atoms with Gasteiger partial charge >= 0.3 is 5.97 Å². The molecular formula is C17H26O2. The highest BCUT2D eigenvalue weighted by Gasteiger charge is 1.98. The molecule has 0 aliphatic carbocycles. The maximum absolute atomic E-state index is 10.7. The molecule has 0 bridgehead atoms. The first-order valence-corrected chi connectivity index (χ1v) is 7.43. The second kappa shape index (κ2) is 9.60. The SMILES string of the molecule is CCCCCCCc1ccc(CCOC(C)=O)cc1. The van der Waals surface area contributed by atoms with Gasteiger partial charge in [0, 0.05) is 13.3 Å². The summed E-state index contributed by atoms with van der Waals surface area (Å²) in [7, 11) is 0. The van der Waals surface area contributed by atoms with E-state index in [0.717, 1.165) is 6.42 Å². The second-order valence-corrected chi connectivity index (χ2v) is 5.07. The first kappa shape index (κ1) is 15.7. The molecule has 0 spiro atoms. The minimum atomic E-state index is -0.205. The predicted molar refractivity (Wildman–Crippen MR) is 79.2 cm³/mol. The predicted octanol–water partition coefficient (Wildman–Crippen LogP) is 4.31. The Hall–Kier alpha value is -1.31. The van der Waals surface area contributed by atoms with Crippen molar-refractivity contribution in [2.45, 2.75) is 58.8 Å². The molecule has 2 heteroatoms. The first-order valence-electron chi connectivity index (χ1n) is 7.43. The van der Waals surface area contributed by atoms with Crippen LogP contribution in [0.5, 0.6) is 0 Å². The van der Waals surface area contributed by atoms with Gasteiger partial charge in [0.25, 0.3) is 0 Å². The zero-order valence-electron chi connectivity index (χ0n) is 12.3. The van der Waals surface area contributed by atoms with Crippen LogP contribution in [0.4, 0.5) is 0 Å². The standard InChI is InChI=1S/C17H26O2/c1-3-4-5-6-7-8-16-9-11-17(12-10-16)13-14-19-15(2)18/h9-12H,3-8,13-14H2,1-2H3. The largest absolute Gasteiger partial charge is 0.466 e. The van der Waals surface area contributed by atoms with E-state index >= 15 is 0 Å². The van der Waals surface area contributed by atoms with Crippen LogP contribution in [0.3, 0.4) is 0 Å². The minimum Gasteiger partial charge on any atom is -0.466 e. The number of aryl methyl sites for hydroxylation is 1. The van der Waals surface area contributed by atoms with Gasteiger partial charge in [-0.1, -0.05) is 56.9 Å². The fourth-order valence-electron chi connectivity index (χ4n) is 2.12. The van der Waals surface area contributed by atoms with Crippen LogP contribution in [0, 0.1) is 0 Å². The zero-order chi connectivity index (χ0) is 13.9. The lowest BCUT2D eigenvalue weighted by molar-refractivity contribution is -0.140. The number of benzene rings is 1. The second-order valence-electron chi connectivity index (χ2n) is 5.07. The zero-order valence-corrected chi connectivity index (χ0v) is 12.3. The average Bonchev–Trinajstić information content (AvgIpc) is 2.40. The van der Waals surface area contributed by atoms with E-state index in [2.05, 4.69) is 31.2 Å². The lowest BCUT2D eigenvalue weighted by atomic mass is 10.0. The first-order chi connectivity index (χ1) is 9.22. The molecule has 0 unspecified atom stereocenters. The van der Waals surface area contributed by atoms with Gasteiger partial charge in [-0.2, -0.15) is 0 Å². The van der Waals surface area contributed by atoms with E-state index in [-0.39, 0.29) is 5.97 Å².